The smallest absolute Gasteiger partial charge is 0.469 e. The van der Waals surface area contributed by atoms with Crippen molar-refractivity contribution in [2.24, 2.45) is 5.73 Å². The molecule has 0 aliphatic carbocycles. The van der Waals surface area contributed by atoms with Crippen molar-refractivity contribution in [1.29, 1.82) is 0 Å². The third-order valence-electron chi connectivity index (χ3n) is 5.63. The number of H-pyrrole nitrogens is 1. The summed E-state index contributed by atoms with van der Waals surface area (Å²) in [5.74, 6) is -1.03. The van der Waals surface area contributed by atoms with Crippen molar-refractivity contribution in [3.05, 3.63) is 28.1 Å². The fourth-order valence-electron chi connectivity index (χ4n) is 3.88. The number of hydrogen-bond donors (Lipinski definition) is 7. The zero-order valence-electron chi connectivity index (χ0n) is 17.7. The predicted molar refractivity (Wildman–Crippen MR) is 112 cm³/mol. The van der Waals surface area contributed by atoms with Gasteiger partial charge in [0.15, 0.2) is 17.4 Å². The standard InChI is InChI=1S/C17H23N6O10P/c1-6-8(3-2-7(18)16(27)28)23-14(26)10-13(21-17(23)20-6)22(5-19-10)15-12(25)11(24)9(33-15)4-32-34(29,30)31/h5,7,9,11-12,15,24-25H,2-4,18H2,1H3,(H,20,21)(H,27,28)(H2,29,30,31)/t7-,9+,11+,12+,15+/m0/s1. The number of imidazole rings is 2. The van der Waals surface area contributed by atoms with E-state index in [2.05, 4.69) is 19.5 Å². The summed E-state index contributed by atoms with van der Waals surface area (Å²) in [4.78, 5) is 53.3. The Morgan fingerprint density at radius 1 is 1.38 bits per heavy atom. The first-order valence-corrected chi connectivity index (χ1v) is 11.6. The highest BCUT2D eigenvalue weighted by atomic mass is 31.2. The number of carbonyl (C=O) groups is 1. The second-order valence-electron chi connectivity index (χ2n) is 7.91. The maximum absolute atomic E-state index is 13.2. The van der Waals surface area contributed by atoms with Crippen molar-refractivity contribution in [3.63, 3.8) is 0 Å². The second kappa shape index (κ2) is 8.83. The van der Waals surface area contributed by atoms with E-state index in [1.165, 1.54) is 15.3 Å². The molecule has 0 saturated carbocycles. The van der Waals surface area contributed by atoms with Gasteiger partial charge in [0.2, 0.25) is 5.78 Å². The molecule has 1 aliphatic rings. The summed E-state index contributed by atoms with van der Waals surface area (Å²) in [5, 5.41) is 29.7. The minimum absolute atomic E-state index is 0.0212. The number of ether oxygens (including phenoxy) is 1. The van der Waals surface area contributed by atoms with E-state index in [4.69, 9.17) is 25.4 Å². The predicted octanol–water partition coefficient (Wildman–Crippen LogP) is -2.25. The van der Waals surface area contributed by atoms with Gasteiger partial charge in [0.25, 0.3) is 5.56 Å². The van der Waals surface area contributed by atoms with Gasteiger partial charge in [0.1, 0.15) is 24.4 Å². The number of aliphatic hydroxyl groups excluding tert-OH is 2. The van der Waals surface area contributed by atoms with Gasteiger partial charge in [-0.25, -0.2) is 13.9 Å². The summed E-state index contributed by atoms with van der Waals surface area (Å²) in [6, 6.07) is -1.11. The van der Waals surface area contributed by atoms with Crippen LogP contribution in [0.1, 0.15) is 24.0 Å². The van der Waals surface area contributed by atoms with Crippen molar-refractivity contribution >= 4 is 30.7 Å². The van der Waals surface area contributed by atoms with Crippen LogP contribution >= 0.6 is 7.82 Å². The molecule has 16 nitrogen and oxygen atoms in total. The summed E-state index contributed by atoms with van der Waals surface area (Å²) in [6.07, 6.45) is -4.18. The van der Waals surface area contributed by atoms with Gasteiger partial charge in [0.05, 0.1) is 12.9 Å². The Labute approximate surface area is 189 Å². The zero-order chi connectivity index (χ0) is 24.9. The first kappa shape index (κ1) is 24.4. The number of nitrogens with two attached hydrogens (primary N) is 1. The normalized spacial score (nSPS) is 24.3. The summed E-state index contributed by atoms with van der Waals surface area (Å²) in [6.45, 7) is 0.997. The van der Waals surface area contributed by atoms with Gasteiger partial charge < -0.3 is 40.6 Å². The zero-order valence-corrected chi connectivity index (χ0v) is 18.6. The number of fused-ring (bicyclic) bond motifs is 2. The highest BCUT2D eigenvalue weighted by Gasteiger charge is 2.45. The van der Waals surface area contributed by atoms with Crippen molar-refractivity contribution in [3.8, 4) is 0 Å². The van der Waals surface area contributed by atoms with Crippen LogP contribution in [-0.2, 0) is 25.0 Å². The van der Waals surface area contributed by atoms with E-state index in [1.807, 2.05) is 0 Å². The molecule has 17 heteroatoms. The van der Waals surface area contributed by atoms with Crippen LogP contribution < -0.4 is 11.3 Å². The van der Waals surface area contributed by atoms with Crippen LogP contribution in [0.2, 0.25) is 0 Å². The van der Waals surface area contributed by atoms with E-state index in [-0.39, 0.29) is 29.8 Å². The molecule has 3 aromatic rings. The van der Waals surface area contributed by atoms with Crippen LogP contribution in [0.25, 0.3) is 16.9 Å². The molecule has 186 valence electrons. The second-order valence-corrected chi connectivity index (χ2v) is 9.15. The van der Waals surface area contributed by atoms with E-state index >= 15 is 0 Å². The highest BCUT2D eigenvalue weighted by Crippen LogP contribution is 2.38. The fourth-order valence-corrected chi connectivity index (χ4v) is 4.22. The Balaban J connectivity index is 1.69. The first-order valence-electron chi connectivity index (χ1n) is 10.1. The third-order valence-corrected chi connectivity index (χ3v) is 6.11. The van der Waals surface area contributed by atoms with Crippen molar-refractivity contribution in [2.45, 2.75) is 50.3 Å². The topological polar surface area (TPSA) is 248 Å². The Kier molecular flexibility index (Phi) is 6.34. The molecule has 0 aromatic carbocycles. The van der Waals surface area contributed by atoms with Crippen molar-refractivity contribution < 1.29 is 43.7 Å². The van der Waals surface area contributed by atoms with Crippen LogP contribution in [-0.4, -0.2) is 86.0 Å². The number of carboxylic acids is 1. The molecular weight excluding hydrogens is 479 g/mol. The molecule has 4 heterocycles. The van der Waals surface area contributed by atoms with Crippen LogP contribution in [0, 0.1) is 6.92 Å². The molecule has 4 rings (SSSR count). The molecule has 0 radical (unpaired) electrons. The molecule has 8 N–H and O–H groups in total. The fraction of sp³-hybridized carbons (Fsp3) is 0.529. The van der Waals surface area contributed by atoms with Gasteiger partial charge in [-0.15, -0.1) is 0 Å². The van der Waals surface area contributed by atoms with Gasteiger partial charge in [-0.05, 0) is 19.8 Å². The molecule has 0 amide bonds. The van der Waals surface area contributed by atoms with Crippen molar-refractivity contribution in [2.75, 3.05) is 6.61 Å². The quantitative estimate of drug-likeness (QED) is 0.161. The number of aromatic amines is 1. The van der Waals surface area contributed by atoms with E-state index < -0.39 is 56.5 Å². The lowest BCUT2D eigenvalue weighted by atomic mass is 10.1. The van der Waals surface area contributed by atoms with Crippen LogP contribution in [0.5, 0.6) is 0 Å². The molecule has 0 unspecified atom stereocenters. The number of aliphatic hydroxyl groups is 2. The number of carboxylic acid groups (broad SMARTS) is 1. The first-order chi connectivity index (χ1) is 15.9. The Morgan fingerprint density at radius 2 is 2.09 bits per heavy atom. The molecular formula is C17H23N6O10P. The lowest BCUT2D eigenvalue weighted by Crippen LogP contribution is -2.33. The third kappa shape index (κ3) is 4.37. The van der Waals surface area contributed by atoms with E-state index in [1.54, 1.807) is 6.92 Å². The SMILES string of the molecule is Cc1[nH]c2nc3c(ncn3[C@@H]3O[C@H](COP(=O)(O)O)[C@@H](O)[C@H]3O)c(=O)n2c1CC[C@H](N)C(=O)O. The van der Waals surface area contributed by atoms with Gasteiger partial charge in [-0.1, -0.05) is 0 Å². The largest absolute Gasteiger partial charge is 0.480 e. The summed E-state index contributed by atoms with van der Waals surface area (Å²) in [7, 11) is -4.83. The maximum atomic E-state index is 13.2. The number of phosphoric ester groups is 1. The minimum Gasteiger partial charge on any atom is -0.480 e. The summed E-state index contributed by atoms with van der Waals surface area (Å²) >= 11 is 0. The molecule has 34 heavy (non-hydrogen) atoms. The highest BCUT2D eigenvalue weighted by molar-refractivity contribution is 7.46. The monoisotopic (exact) mass is 502 g/mol. The number of hydrogen-bond acceptors (Lipinski definition) is 10. The molecule has 0 bridgehead atoms. The number of nitrogens with zero attached hydrogens (tertiary/aromatic N) is 4. The molecule has 1 aliphatic heterocycles. The number of phosphoric acid groups is 1. The number of nitrogens with one attached hydrogen (secondary N) is 1. The Morgan fingerprint density at radius 3 is 2.74 bits per heavy atom. The molecule has 0 spiro atoms. The number of rotatable bonds is 8. The lowest BCUT2D eigenvalue weighted by molar-refractivity contribution is -0.138. The average Bonchev–Trinajstić information content (AvgIpc) is 3.39. The summed E-state index contributed by atoms with van der Waals surface area (Å²) < 4.78 is 23.3. The Bertz CT molecular complexity index is 1340. The average molecular weight is 502 g/mol. The van der Waals surface area contributed by atoms with Gasteiger partial charge in [-0.3, -0.25) is 18.7 Å². The van der Waals surface area contributed by atoms with Gasteiger partial charge in [0, 0.05) is 11.4 Å². The van der Waals surface area contributed by atoms with E-state index in [9.17, 15) is 24.4 Å². The number of aliphatic carboxylic acids is 1. The number of aryl methyl sites for hydroxylation is 2. The van der Waals surface area contributed by atoms with E-state index in [0.717, 1.165) is 0 Å². The lowest BCUT2D eigenvalue weighted by Gasteiger charge is -2.16. The molecule has 3 aromatic heterocycles. The van der Waals surface area contributed by atoms with Gasteiger partial charge in [-0.2, -0.15) is 4.98 Å². The minimum atomic E-state index is -4.83. The van der Waals surface area contributed by atoms with Crippen LogP contribution in [0.4, 0.5) is 0 Å². The van der Waals surface area contributed by atoms with E-state index in [0.29, 0.717) is 11.4 Å². The molecule has 1 saturated heterocycles. The van der Waals surface area contributed by atoms with Gasteiger partial charge >= 0.3 is 13.8 Å². The Hall–Kier alpha value is -2.69. The summed E-state index contributed by atoms with van der Waals surface area (Å²) in [5.41, 5.74) is 6.01. The van der Waals surface area contributed by atoms with Crippen molar-refractivity contribution in [1.82, 2.24) is 23.9 Å². The van der Waals surface area contributed by atoms with Crippen LogP contribution in [0.3, 0.4) is 0 Å². The number of aromatic nitrogens is 5. The molecule has 1 fully saturated rings. The molecule has 5 atom stereocenters. The van der Waals surface area contributed by atoms with Crippen LogP contribution in [0.15, 0.2) is 11.1 Å². The maximum Gasteiger partial charge on any atom is 0.469 e.